The van der Waals surface area contributed by atoms with Crippen LogP contribution in [0.1, 0.15) is 0 Å². The minimum atomic E-state index is -4.40. The molecule has 19 heavy (non-hydrogen) atoms. The fraction of sp³-hybridized carbons (Fsp3) is 0.600. The van der Waals surface area contributed by atoms with Gasteiger partial charge in [-0.05, 0) is 0 Å². The molecule has 0 aromatic carbocycles. The second kappa shape index (κ2) is 9.87. The van der Waals surface area contributed by atoms with Crippen molar-refractivity contribution in [3.05, 3.63) is 12.7 Å². The van der Waals surface area contributed by atoms with Crippen LogP contribution >= 0.6 is 24.0 Å². The zero-order valence-electron chi connectivity index (χ0n) is 10.8. The van der Waals surface area contributed by atoms with Gasteiger partial charge in [-0.2, -0.15) is 13.2 Å². The number of nitrogens with one attached hydrogen (secondary N) is 2. The topological polar surface area (TPSA) is 56.7 Å². The average molecular weight is 394 g/mol. The minimum Gasteiger partial charge on any atom is -0.353 e. The number of halogens is 4. The Kier molecular flexibility index (Phi) is 10.6. The molecule has 0 aromatic heterocycles. The second-order valence-electron chi connectivity index (χ2n) is 3.46. The van der Waals surface area contributed by atoms with Crippen molar-refractivity contribution < 1.29 is 18.0 Å². The summed E-state index contributed by atoms with van der Waals surface area (Å²) in [6.07, 6.45) is -2.81. The van der Waals surface area contributed by atoms with E-state index in [0.717, 1.165) is 7.05 Å². The monoisotopic (exact) mass is 394 g/mol. The number of carbonyl (C=O) groups excluding carboxylic acids is 1. The van der Waals surface area contributed by atoms with E-state index in [9.17, 15) is 18.0 Å². The van der Waals surface area contributed by atoms with E-state index in [1.807, 2.05) is 0 Å². The van der Waals surface area contributed by atoms with Crippen LogP contribution in [0.4, 0.5) is 13.2 Å². The van der Waals surface area contributed by atoms with Crippen molar-refractivity contribution in [2.45, 2.75) is 6.18 Å². The predicted octanol–water partition coefficient (Wildman–Crippen LogP) is 0.976. The van der Waals surface area contributed by atoms with E-state index in [-0.39, 0.29) is 30.5 Å². The Morgan fingerprint density at radius 2 is 2.00 bits per heavy atom. The molecule has 0 aliphatic heterocycles. The van der Waals surface area contributed by atoms with Crippen molar-refractivity contribution in [3.8, 4) is 0 Å². The van der Waals surface area contributed by atoms with Crippen LogP contribution in [0, 0.1) is 0 Å². The molecule has 0 aromatic rings. The van der Waals surface area contributed by atoms with Crippen LogP contribution in [0.15, 0.2) is 17.6 Å². The van der Waals surface area contributed by atoms with Gasteiger partial charge in [0.2, 0.25) is 5.91 Å². The molecular weight excluding hydrogens is 376 g/mol. The molecular formula is C10H18F3IN4O. The van der Waals surface area contributed by atoms with E-state index in [4.69, 9.17) is 0 Å². The smallest absolute Gasteiger partial charge is 0.353 e. The van der Waals surface area contributed by atoms with E-state index in [0.29, 0.717) is 17.4 Å². The molecule has 0 spiro atoms. The van der Waals surface area contributed by atoms with Gasteiger partial charge in [0, 0.05) is 20.6 Å². The Labute approximate surface area is 127 Å². The fourth-order valence-electron chi connectivity index (χ4n) is 1.04. The van der Waals surface area contributed by atoms with Gasteiger partial charge in [0.05, 0.1) is 6.54 Å². The molecule has 0 radical (unpaired) electrons. The van der Waals surface area contributed by atoms with Crippen molar-refractivity contribution in [2.24, 2.45) is 4.99 Å². The number of amides is 1. The van der Waals surface area contributed by atoms with E-state index in [1.165, 1.54) is 7.05 Å². The molecule has 0 saturated carbocycles. The summed E-state index contributed by atoms with van der Waals surface area (Å²) in [5, 5.41) is 5.39. The normalized spacial score (nSPS) is 11.3. The highest BCUT2D eigenvalue weighted by Gasteiger charge is 2.30. The van der Waals surface area contributed by atoms with Crippen LogP contribution in [-0.4, -0.2) is 56.7 Å². The Balaban J connectivity index is 0. The average Bonchev–Trinajstić information content (AvgIpc) is 2.26. The van der Waals surface area contributed by atoms with Crippen LogP contribution in [0.3, 0.4) is 0 Å². The third kappa shape index (κ3) is 10.6. The summed E-state index contributed by atoms with van der Waals surface area (Å²) in [5.41, 5.74) is 0. The molecule has 9 heteroatoms. The highest BCUT2D eigenvalue weighted by Crippen LogP contribution is 2.15. The molecule has 0 rings (SSSR count). The van der Waals surface area contributed by atoms with Gasteiger partial charge in [-0.1, -0.05) is 6.08 Å². The molecule has 0 atom stereocenters. The lowest BCUT2D eigenvalue weighted by molar-refractivity contribution is -0.157. The van der Waals surface area contributed by atoms with Gasteiger partial charge < -0.3 is 15.5 Å². The molecule has 1 amide bonds. The number of aliphatic imine (C=N–C) groups is 1. The summed E-state index contributed by atoms with van der Waals surface area (Å²) in [6.45, 7) is 2.39. The number of hydrogen-bond donors (Lipinski definition) is 2. The van der Waals surface area contributed by atoms with Gasteiger partial charge in [-0.15, -0.1) is 30.6 Å². The van der Waals surface area contributed by atoms with Crippen molar-refractivity contribution in [2.75, 3.05) is 33.7 Å². The lowest BCUT2D eigenvalue weighted by Gasteiger charge is -2.19. The quantitative estimate of drug-likeness (QED) is 0.317. The maximum atomic E-state index is 12.0. The summed E-state index contributed by atoms with van der Waals surface area (Å²) in [6, 6.07) is 0. The molecule has 0 heterocycles. The molecule has 0 unspecified atom stereocenters. The van der Waals surface area contributed by atoms with Gasteiger partial charge in [0.25, 0.3) is 0 Å². The first-order valence-corrected chi connectivity index (χ1v) is 5.16. The molecule has 2 N–H and O–H groups in total. The standard InChI is InChI=1S/C10H17F3N4O.HI/c1-4-5-15-9(14-2)16-6-8(18)17(3)7-10(11,12)13;/h4H,1,5-7H2,2-3H3,(H2,14,15,16);1H. The zero-order valence-corrected chi connectivity index (χ0v) is 13.1. The predicted molar refractivity (Wildman–Crippen MR) is 78.7 cm³/mol. The Morgan fingerprint density at radius 3 is 2.42 bits per heavy atom. The lowest BCUT2D eigenvalue weighted by Crippen LogP contribution is -2.45. The van der Waals surface area contributed by atoms with Gasteiger partial charge in [0.1, 0.15) is 6.54 Å². The number of rotatable bonds is 5. The molecule has 0 bridgehead atoms. The minimum absolute atomic E-state index is 0. The Hall–Kier alpha value is -1.00. The van der Waals surface area contributed by atoms with Crippen LogP contribution in [0.25, 0.3) is 0 Å². The number of likely N-dealkylation sites (N-methyl/N-ethyl adjacent to an activating group) is 1. The van der Waals surface area contributed by atoms with Gasteiger partial charge in [-0.25, -0.2) is 0 Å². The molecule has 5 nitrogen and oxygen atoms in total. The first-order valence-electron chi connectivity index (χ1n) is 5.16. The van der Waals surface area contributed by atoms with Crippen molar-refractivity contribution >= 4 is 35.8 Å². The van der Waals surface area contributed by atoms with Crippen molar-refractivity contribution in [1.82, 2.24) is 15.5 Å². The van der Waals surface area contributed by atoms with Crippen molar-refractivity contribution in [1.29, 1.82) is 0 Å². The zero-order chi connectivity index (χ0) is 14.2. The second-order valence-corrected chi connectivity index (χ2v) is 3.46. The van der Waals surface area contributed by atoms with E-state index in [2.05, 4.69) is 22.2 Å². The van der Waals surface area contributed by atoms with Crippen LogP contribution < -0.4 is 10.6 Å². The summed E-state index contributed by atoms with van der Waals surface area (Å²) in [4.78, 5) is 15.8. The molecule has 0 aliphatic rings. The Bertz CT molecular complexity index is 320. The van der Waals surface area contributed by atoms with Crippen LogP contribution in [0.5, 0.6) is 0 Å². The molecule has 112 valence electrons. The number of carbonyl (C=O) groups is 1. The van der Waals surface area contributed by atoms with Crippen LogP contribution in [0.2, 0.25) is 0 Å². The lowest BCUT2D eigenvalue weighted by atomic mass is 10.4. The highest BCUT2D eigenvalue weighted by atomic mass is 127. The molecule has 0 saturated heterocycles. The number of hydrogen-bond acceptors (Lipinski definition) is 2. The van der Waals surface area contributed by atoms with Gasteiger partial charge in [-0.3, -0.25) is 9.79 Å². The largest absolute Gasteiger partial charge is 0.406 e. The molecule has 0 fully saturated rings. The number of alkyl halides is 3. The maximum absolute atomic E-state index is 12.0. The summed E-state index contributed by atoms with van der Waals surface area (Å²) in [5.74, 6) is -0.350. The van der Waals surface area contributed by atoms with E-state index < -0.39 is 18.6 Å². The first kappa shape index (κ1) is 20.3. The number of guanidine groups is 1. The summed E-state index contributed by atoms with van der Waals surface area (Å²) in [7, 11) is 2.58. The van der Waals surface area contributed by atoms with E-state index >= 15 is 0 Å². The fourth-order valence-corrected chi connectivity index (χ4v) is 1.04. The van der Waals surface area contributed by atoms with Gasteiger partial charge >= 0.3 is 6.18 Å². The van der Waals surface area contributed by atoms with Crippen LogP contribution in [-0.2, 0) is 4.79 Å². The number of nitrogens with zero attached hydrogens (tertiary/aromatic N) is 2. The Morgan fingerprint density at radius 1 is 1.42 bits per heavy atom. The summed E-state index contributed by atoms with van der Waals surface area (Å²) < 4.78 is 36.1. The van der Waals surface area contributed by atoms with E-state index in [1.54, 1.807) is 6.08 Å². The highest BCUT2D eigenvalue weighted by molar-refractivity contribution is 14.0. The third-order valence-corrected chi connectivity index (χ3v) is 1.89. The third-order valence-electron chi connectivity index (χ3n) is 1.89. The van der Waals surface area contributed by atoms with Gasteiger partial charge in [0.15, 0.2) is 5.96 Å². The van der Waals surface area contributed by atoms with Crippen molar-refractivity contribution in [3.63, 3.8) is 0 Å². The summed E-state index contributed by atoms with van der Waals surface area (Å²) >= 11 is 0. The maximum Gasteiger partial charge on any atom is 0.406 e. The first-order chi connectivity index (χ1) is 8.30. The molecule has 0 aliphatic carbocycles. The SMILES string of the molecule is C=CCNC(=NC)NCC(=O)N(C)CC(F)(F)F.I.